The third-order valence-corrected chi connectivity index (χ3v) is 2.24. The van der Waals surface area contributed by atoms with Crippen LogP contribution in [0.1, 0.15) is 27.2 Å². The first kappa shape index (κ1) is 12.3. The molecule has 15 heavy (non-hydrogen) atoms. The molecule has 0 aromatic heterocycles. The minimum atomic E-state index is -0.462. The summed E-state index contributed by atoms with van der Waals surface area (Å²) in [6, 6.07) is -0.0210. The lowest BCUT2D eigenvalue weighted by Crippen LogP contribution is -2.57. The summed E-state index contributed by atoms with van der Waals surface area (Å²) in [5.74, 6) is 0. The maximum atomic E-state index is 11.5. The largest absolute Gasteiger partial charge is 0.444 e. The molecule has 0 aromatic carbocycles. The molecule has 4 N–H and O–H groups in total. The zero-order valence-corrected chi connectivity index (χ0v) is 9.67. The number of nitrogens with two attached hydrogens (primary N) is 1. The summed E-state index contributed by atoms with van der Waals surface area (Å²) < 4.78 is 5.16. The van der Waals surface area contributed by atoms with Crippen molar-refractivity contribution in [1.82, 2.24) is 10.6 Å². The van der Waals surface area contributed by atoms with Crippen LogP contribution in [-0.4, -0.2) is 36.9 Å². The average Bonchev–Trinajstić information content (AvgIpc) is 2.05. The monoisotopic (exact) mass is 215 g/mol. The van der Waals surface area contributed by atoms with Crippen molar-refractivity contribution in [3.8, 4) is 0 Å². The van der Waals surface area contributed by atoms with Crippen LogP contribution in [-0.2, 0) is 4.74 Å². The van der Waals surface area contributed by atoms with Gasteiger partial charge in [-0.05, 0) is 33.7 Å². The average molecular weight is 215 g/mol. The summed E-state index contributed by atoms with van der Waals surface area (Å²) in [7, 11) is 0. The lowest BCUT2D eigenvalue weighted by atomic mass is 10.0. The number of alkyl carbamates (subject to hydrolysis) is 1. The predicted octanol–water partition coefficient (Wildman–Crippen LogP) is 0.200. The van der Waals surface area contributed by atoms with Crippen molar-refractivity contribution >= 4 is 6.09 Å². The maximum Gasteiger partial charge on any atom is 0.407 e. The smallest absolute Gasteiger partial charge is 0.407 e. The number of carbonyl (C=O) groups is 1. The van der Waals surface area contributed by atoms with E-state index in [0.717, 1.165) is 13.0 Å². The number of rotatable bonds is 1. The van der Waals surface area contributed by atoms with E-state index in [1.807, 2.05) is 20.8 Å². The van der Waals surface area contributed by atoms with Crippen molar-refractivity contribution in [1.29, 1.82) is 0 Å². The van der Waals surface area contributed by atoms with Gasteiger partial charge in [0.15, 0.2) is 0 Å². The minimum absolute atomic E-state index is 0.0127. The Morgan fingerprint density at radius 2 is 2.20 bits per heavy atom. The van der Waals surface area contributed by atoms with Gasteiger partial charge < -0.3 is 21.1 Å². The van der Waals surface area contributed by atoms with Gasteiger partial charge in [0, 0.05) is 12.6 Å². The topological polar surface area (TPSA) is 76.4 Å². The zero-order chi connectivity index (χ0) is 11.5. The first-order chi connectivity index (χ1) is 6.88. The lowest BCUT2D eigenvalue weighted by molar-refractivity contribution is 0.0490. The summed E-state index contributed by atoms with van der Waals surface area (Å²) in [4.78, 5) is 11.5. The van der Waals surface area contributed by atoms with E-state index in [9.17, 15) is 4.79 Å². The van der Waals surface area contributed by atoms with Crippen molar-refractivity contribution in [3.05, 3.63) is 0 Å². The highest BCUT2D eigenvalue weighted by atomic mass is 16.6. The Morgan fingerprint density at radius 1 is 1.53 bits per heavy atom. The van der Waals surface area contributed by atoms with Gasteiger partial charge in [0.1, 0.15) is 5.60 Å². The summed E-state index contributed by atoms with van der Waals surface area (Å²) >= 11 is 0. The van der Waals surface area contributed by atoms with Crippen molar-refractivity contribution < 1.29 is 9.53 Å². The molecule has 0 unspecified atom stereocenters. The van der Waals surface area contributed by atoms with Crippen molar-refractivity contribution in [2.45, 2.75) is 44.9 Å². The van der Waals surface area contributed by atoms with Gasteiger partial charge in [-0.3, -0.25) is 0 Å². The summed E-state index contributed by atoms with van der Waals surface area (Å²) in [6.45, 7) is 7.14. The van der Waals surface area contributed by atoms with E-state index < -0.39 is 11.7 Å². The van der Waals surface area contributed by atoms with Crippen LogP contribution < -0.4 is 16.4 Å². The van der Waals surface area contributed by atoms with Crippen LogP contribution in [0.3, 0.4) is 0 Å². The van der Waals surface area contributed by atoms with Gasteiger partial charge in [-0.25, -0.2) is 4.79 Å². The van der Waals surface area contributed by atoms with Gasteiger partial charge in [-0.1, -0.05) is 0 Å². The molecule has 2 atom stereocenters. The third kappa shape index (κ3) is 4.48. The molecule has 0 aromatic rings. The fourth-order valence-corrected chi connectivity index (χ4v) is 1.50. The molecule has 88 valence electrons. The van der Waals surface area contributed by atoms with Crippen LogP contribution >= 0.6 is 0 Å². The molecule has 1 saturated heterocycles. The van der Waals surface area contributed by atoms with Crippen LogP contribution in [0.5, 0.6) is 0 Å². The minimum Gasteiger partial charge on any atom is -0.444 e. The first-order valence-corrected chi connectivity index (χ1v) is 5.34. The Kier molecular flexibility index (Phi) is 3.93. The molecule has 0 saturated carbocycles. The number of hydrogen-bond acceptors (Lipinski definition) is 4. The van der Waals surface area contributed by atoms with Gasteiger partial charge in [-0.2, -0.15) is 0 Å². The molecule has 1 aliphatic rings. The molecule has 1 aliphatic heterocycles. The van der Waals surface area contributed by atoms with Gasteiger partial charge in [0.2, 0.25) is 0 Å². The molecule has 1 fully saturated rings. The SMILES string of the molecule is CC(C)(C)OC(=O)N[C@H]1CNCC[C@@H]1N. The van der Waals surface area contributed by atoms with Crippen LogP contribution in [0.15, 0.2) is 0 Å². The molecule has 0 radical (unpaired) electrons. The molecule has 1 rings (SSSR count). The van der Waals surface area contributed by atoms with E-state index in [2.05, 4.69) is 10.6 Å². The molecule has 0 aliphatic carbocycles. The molecule has 5 nitrogen and oxygen atoms in total. The van der Waals surface area contributed by atoms with Crippen molar-refractivity contribution in [3.63, 3.8) is 0 Å². The van der Waals surface area contributed by atoms with Gasteiger partial charge in [0.25, 0.3) is 0 Å². The number of piperidine rings is 1. The van der Waals surface area contributed by atoms with Crippen LogP contribution in [0.25, 0.3) is 0 Å². The van der Waals surface area contributed by atoms with Crippen LogP contribution in [0.4, 0.5) is 4.79 Å². The van der Waals surface area contributed by atoms with E-state index in [-0.39, 0.29) is 12.1 Å². The quantitative estimate of drug-likeness (QED) is 0.584. The number of carbonyl (C=O) groups excluding carboxylic acids is 1. The van der Waals surface area contributed by atoms with Gasteiger partial charge in [-0.15, -0.1) is 0 Å². The van der Waals surface area contributed by atoms with Gasteiger partial charge in [0.05, 0.1) is 6.04 Å². The highest BCUT2D eigenvalue weighted by Crippen LogP contribution is 2.08. The van der Waals surface area contributed by atoms with E-state index >= 15 is 0 Å². The van der Waals surface area contributed by atoms with E-state index in [4.69, 9.17) is 10.5 Å². The molecule has 1 heterocycles. The molecule has 0 bridgehead atoms. The van der Waals surface area contributed by atoms with Crippen molar-refractivity contribution in [2.75, 3.05) is 13.1 Å². The fourth-order valence-electron chi connectivity index (χ4n) is 1.50. The lowest BCUT2D eigenvalue weighted by Gasteiger charge is -2.31. The second-order valence-corrected chi connectivity index (χ2v) is 4.91. The normalized spacial score (nSPS) is 27.2. The van der Waals surface area contributed by atoms with E-state index in [1.165, 1.54) is 0 Å². The third-order valence-electron chi connectivity index (χ3n) is 2.24. The Morgan fingerprint density at radius 3 is 2.73 bits per heavy atom. The van der Waals surface area contributed by atoms with E-state index in [0.29, 0.717) is 6.54 Å². The highest BCUT2D eigenvalue weighted by molar-refractivity contribution is 5.68. The molecule has 5 heteroatoms. The number of hydrogen-bond donors (Lipinski definition) is 3. The van der Waals surface area contributed by atoms with E-state index in [1.54, 1.807) is 0 Å². The first-order valence-electron chi connectivity index (χ1n) is 5.34. The Hall–Kier alpha value is -0.810. The Bertz CT molecular complexity index is 225. The van der Waals surface area contributed by atoms with Gasteiger partial charge >= 0.3 is 6.09 Å². The second kappa shape index (κ2) is 4.81. The Labute approximate surface area is 90.7 Å². The molecular weight excluding hydrogens is 194 g/mol. The van der Waals surface area contributed by atoms with Crippen LogP contribution in [0.2, 0.25) is 0 Å². The molecule has 0 spiro atoms. The second-order valence-electron chi connectivity index (χ2n) is 4.91. The maximum absolute atomic E-state index is 11.5. The fraction of sp³-hybridized carbons (Fsp3) is 0.900. The van der Waals surface area contributed by atoms with Crippen LogP contribution in [0, 0.1) is 0 Å². The zero-order valence-electron chi connectivity index (χ0n) is 9.67. The summed E-state index contributed by atoms with van der Waals surface area (Å²) in [5, 5.41) is 5.96. The predicted molar refractivity (Wildman–Crippen MR) is 58.6 cm³/mol. The summed E-state index contributed by atoms with van der Waals surface area (Å²) in [6.07, 6.45) is 0.479. The standard InChI is InChI=1S/C10H21N3O2/c1-10(2,3)15-9(14)13-8-6-12-5-4-7(8)11/h7-8,12H,4-6,11H2,1-3H3,(H,13,14)/t7-,8-/m0/s1. The molecule has 1 amide bonds. The number of ether oxygens (including phenoxy) is 1. The summed E-state index contributed by atoms with van der Waals surface area (Å²) in [5.41, 5.74) is 5.42. The Balaban J connectivity index is 2.36. The number of amides is 1. The van der Waals surface area contributed by atoms with Crippen molar-refractivity contribution in [2.24, 2.45) is 5.73 Å². The number of nitrogens with one attached hydrogen (secondary N) is 2. The highest BCUT2D eigenvalue weighted by Gasteiger charge is 2.25. The molecular formula is C10H21N3O2.